The summed E-state index contributed by atoms with van der Waals surface area (Å²) in [5.74, 6) is 0.167. The molecule has 0 aliphatic heterocycles. The SMILES string of the molecule is CC(C)=O.Cl.[Na+].[OH-]. The number of rotatable bonds is 0. The van der Waals surface area contributed by atoms with E-state index in [1.54, 1.807) is 0 Å². The Morgan fingerprint density at radius 3 is 1.29 bits per heavy atom. The number of ketones is 1. The normalized spacial score (nSPS) is 3.71. The first kappa shape index (κ1) is 24.7. The Morgan fingerprint density at radius 2 is 1.29 bits per heavy atom. The van der Waals surface area contributed by atoms with E-state index in [0.717, 1.165) is 0 Å². The molecule has 7 heavy (non-hydrogen) atoms. The largest absolute Gasteiger partial charge is 1.00 e. The van der Waals surface area contributed by atoms with Gasteiger partial charge in [-0.15, -0.1) is 12.4 Å². The van der Waals surface area contributed by atoms with E-state index in [2.05, 4.69) is 0 Å². The Bertz CT molecular complexity index is 35.9. The van der Waals surface area contributed by atoms with Gasteiger partial charge in [-0.25, -0.2) is 0 Å². The zero-order valence-corrected chi connectivity index (χ0v) is 7.58. The van der Waals surface area contributed by atoms with Gasteiger partial charge in [-0.05, 0) is 13.8 Å². The van der Waals surface area contributed by atoms with E-state index in [-0.39, 0.29) is 53.2 Å². The van der Waals surface area contributed by atoms with Gasteiger partial charge in [-0.2, -0.15) is 0 Å². The van der Waals surface area contributed by atoms with E-state index in [1.807, 2.05) is 0 Å². The van der Waals surface area contributed by atoms with Gasteiger partial charge < -0.3 is 10.3 Å². The Balaban J connectivity index is -0.0000000150. The van der Waals surface area contributed by atoms with Gasteiger partial charge in [0.1, 0.15) is 5.78 Å². The Kier molecular flexibility index (Phi) is 55.6. The van der Waals surface area contributed by atoms with E-state index >= 15 is 0 Å². The molecule has 0 aliphatic rings. The third-order valence-corrected chi connectivity index (χ3v) is 0. The molecule has 4 heteroatoms. The average Bonchev–Trinajstić information content (AvgIpc) is 0.811. The number of Topliss-reactive ketones (excluding diaryl/α,β-unsaturated/α-hetero) is 1. The van der Waals surface area contributed by atoms with Crippen molar-refractivity contribution in [3.63, 3.8) is 0 Å². The molecule has 0 bridgehead atoms. The molecule has 0 radical (unpaired) electrons. The van der Waals surface area contributed by atoms with Crippen LogP contribution in [0.2, 0.25) is 0 Å². The van der Waals surface area contributed by atoms with E-state index < -0.39 is 0 Å². The molecule has 0 saturated carbocycles. The molecule has 0 aliphatic carbocycles. The summed E-state index contributed by atoms with van der Waals surface area (Å²) in [6, 6.07) is 0. The standard InChI is InChI=1S/C3H6O.ClH.Na.H2O/c1-3(2)4;;;/h1-2H3;1H;;1H2/q;;+1;/p-1. The van der Waals surface area contributed by atoms with E-state index in [9.17, 15) is 4.79 Å². The molecule has 0 amide bonds. The second kappa shape index (κ2) is 15.8. The average molecular weight is 135 g/mol. The van der Waals surface area contributed by atoms with E-state index in [1.165, 1.54) is 13.8 Å². The quantitative estimate of drug-likeness (QED) is 0.355. The van der Waals surface area contributed by atoms with Gasteiger partial charge in [0.2, 0.25) is 0 Å². The molecule has 0 aromatic rings. The van der Waals surface area contributed by atoms with Crippen LogP contribution in [0.25, 0.3) is 0 Å². The molecular weight excluding hydrogens is 126 g/mol. The van der Waals surface area contributed by atoms with Crippen molar-refractivity contribution < 1.29 is 39.8 Å². The van der Waals surface area contributed by atoms with Crippen molar-refractivity contribution in [2.75, 3.05) is 0 Å². The van der Waals surface area contributed by atoms with Gasteiger partial charge in [0.05, 0.1) is 0 Å². The number of carbonyl (C=O) groups excluding carboxylic acids is 1. The molecule has 0 aromatic heterocycles. The molecule has 2 nitrogen and oxygen atoms in total. The molecule has 0 heterocycles. The van der Waals surface area contributed by atoms with Gasteiger partial charge in [0.25, 0.3) is 0 Å². The van der Waals surface area contributed by atoms with Crippen LogP contribution in [0, 0.1) is 0 Å². The summed E-state index contributed by atoms with van der Waals surface area (Å²) in [6.07, 6.45) is 0. The monoisotopic (exact) mass is 134 g/mol. The predicted octanol–water partition coefficient (Wildman–Crippen LogP) is -2.16. The van der Waals surface area contributed by atoms with Crippen LogP contribution in [-0.2, 0) is 4.79 Å². The van der Waals surface area contributed by atoms with Crippen molar-refractivity contribution >= 4 is 18.2 Å². The van der Waals surface area contributed by atoms with Gasteiger partial charge in [0.15, 0.2) is 0 Å². The summed E-state index contributed by atoms with van der Waals surface area (Å²) in [5.41, 5.74) is 0. The van der Waals surface area contributed by atoms with Gasteiger partial charge >= 0.3 is 29.6 Å². The molecule has 1 N–H and O–H groups in total. The Morgan fingerprint density at radius 1 is 1.29 bits per heavy atom. The van der Waals surface area contributed by atoms with E-state index in [4.69, 9.17) is 0 Å². The molecular formula is C3H8ClNaO2. The predicted molar refractivity (Wildman–Crippen MR) is 25.5 cm³/mol. The van der Waals surface area contributed by atoms with Crippen LogP contribution in [0.4, 0.5) is 0 Å². The van der Waals surface area contributed by atoms with Crippen LogP contribution < -0.4 is 29.6 Å². The number of carbonyl (C=O) groups is 1. The van der Waals surface area contributed by atoms with Crippen LogP contribution in [-0.4, -0.2) is 11.3 Å². The van der Waals surface area contributed by atoms with E-state index in [0.29, 0.717) is 0 Å². The molecule has 0 spiro atoms. The topological polar surface area (TPSA) is 47.1 Å². The van der Waals surface area contributed by atoms with Gasteiger partial charge in [0, 0.05) is 0 Å². The van der Waals surface area contributed by atoms with Crippen molar-refractivity contribution in [3.8, 4) is 0 Å². The maximum atomic E-state index is 9.44. The first-order valence-electron chi connectivity index (χ1n) is 1.20. The van der Waals surface area contributed by atoms with Gasteiger partial charge in [-0.3, -0.25) is 0 Å². The van der Waals surface area contributed by atoms with Crippen molar-refractivity contribution in [2.24, 2.45) is 0 Å². The summed E-state index contributed by atoms with van der Waals surface area (Å²) in [6.45, 7) is 3.06. The maximum absolute atomic E-state index is 9.44. The molecule has 0 atom stereocenters. The minimum atomic E-state index is 0. The Labute approximate surface area is 71.7 Å². The molecule has 0 fully saturated rings. The molecule has 40 valence electrons. The third-order valence-electron chi connectivity index (χ3n) is 0. The minimum absolute atomic E-state index is 0. The Hall–Kier alpha value is 0.920. The molecule has 0 rings (SSSR count). The number of hydrogen-bond donors (Lipinski definition) is 0. The molecule has 0 unspecified atom stereocenters. The maximum Gasteiger partial charge on any atom is 1.00 e. The zero-order chi connectivity index (χ0) is 3.58. The smallest absolute Gasteiger partial charge is 0.870 e. The van der Waals surface area contributed by atoms with Crippen molar-refractivity contribution in [3.05, 3.63) is 0 Å². The summed E-state index contributed by atoms with van der Waals surface area (Å²) < 4.78 is 0. The summed E-state index contributed by atoms with van der Waals surface area (Å²) in [7, 11) is 0. The van der Waals surface area contributed by atoms with Crippen molar-refractivity contribution in [1.82, 2.24) is 0 Å². The fourth-order valence-electron chi connectivity index (χ4n) is 0. The molecule has 0 saturated heterocycles. The molecule has 0 aromatic carbocycles. The van der Waals surface area contributed by atoms with Gasteiger partial charge in [-0.1, -0.05) is 0 Å². The fraction of sp³-hybridized carbons (Fsp3) is 0.667. The second-order valence-electron chi connectivity index (χ2n) is 0.908. The first-order chi connectivity index (χ1) is 1.73. The number of halogens is 1. The summed E-state index contributed by atoms with van der Waals surface area (Å²) in [4.78, 5) is 9.44. The van der Waals surface area contributed by atoms with Crippen LogP contribution in [0.1, 0.15) is 13.8 Å². The van der Waals surface area contributed by atoms with Crippen LogP contribution in [0.5, 0.6) is 0 Å². The van der Waals surface area contributed by atoms with Crippen LogP contribution in [0.15, 0.2) is 0 Å². The van der Waals surface area contributed by atoms with Crippen molar-refractivity contribution in [1.29, 1.82) is 0 Å². The van der Waals surface area contributed by atoms with Crippen LogP contribution in [0.3, 0.4) is 0 Å². The minimum Gasteiger partial charge on any atom is -0.870 e. The van der Waals surface area contributed by atoms with Crippen LogP contribution >= 0.6 is 12.4 Å². The summed E-state index contributed by atoms with van der Waals surface area (Å²) >= 11 is 0. The third kappa shape index (κ3) is 198. The zero-order valence-electron chi connectivity index (χ0n) is 4.76. The summed E-state index contributed by atoms with van der Waals surface area (Å²) in [5, 5.41) is 0. The first-order valence-corrected chi connectivity index (χ1v) is 1.20. The number of hydrogen-bond acceptors (Lipinski definition) is 2. The fourth-order valence-corrected chi connectivity index (χ4v) is 0. The second-order valence-corrected chi connectivity index (χ2v) is 0.908. The van der Waals surface area contributed by atoms with Crippen molar-refractivity contribution in [2.45, 2.75) is 13.8 Å².